The highest BCUT2D eigenvalue weighted by Gasteiger charge is 2.08. The molecule has 0 saturated heterocycles. The minimum Gasteiger partial charge on any atom is -0.496 e. The zero-order valence-corrected chi connectivity index (χ0v) is 11.9. The molecule has 0 radical (unpaired) electrons. The van der Waals surface area contributed by atoms with Crippen LogP contribution in [0.1, 0.15) is 15.9 Å². The van der Waals surface area contributed by atoms with Crippen molar-refractivity contribution in [3.8, 4) is 5.75 Å². The van der Waals surface area contributed by atoms with Crippen LogP contribution in [-0.4, -0.2) is 19.6 Å². The number of nitrogens with two attached hydrogens (primary N) is 2. The van der Waals surface area contributed by atoms with E-state index in [0.29, 0.717) is 23.5 Å². The van der Waals surface area contributed by atoms with Crippen LogP contribution in [0, 0.1) is 0 Å². The fourth-order valence-electron chi connectivity index (χ4n) is 2.16. The van der Waals surface area contributed by atoms with Crippen molar-refractivity contribution in [1.29, 1.82) is 0 Å². The number of nitrogen functional groups attached to an aromatic ring is 1. The molecule has 0 spiro atoms. The molecule has 0 aromatic heterocycles. The minimum absolute atomic E-state index is 0.398. The van der Waals surface area contributed by atoms with E-state index in [1.54, 1.807) is 25.3 Å². The van der Waals surface area contributed by atoms with Gasteiger partial charge in [-0.25, -0.2) is 0 Å². The minimum atomic E-state index is -0.498. The number of carbonyl (C=O) groups excluding carboxylic acids is 1. The van der Waals surface area contributed by atoms with Gasteiger partial charge in [0.25, 0.3) is 5.91 Å². The van der Waals surface area contributed by atoms with E-state index in [4.69, 9.17) is 16.2 Å². The third-order valence-electron chi connectivity index (χ3n) is 3.21. The number of primary amides is 1. The molecule has 0 fully saturated rings. The molecule has 0 aliphatic carbocycles. The van der Waals surface area contributed by atoms with Gasteiger partial charge in [-0.1, -0.05) is 18.2 Å². The number of para-hydroxylation sites is 1. The average molecular weight is 285 g/mol. The van der Waals surface area contributed by atoms with Crippen molar-refractivity contribution in [1.82, 2.24) is 0 Å². The molecular weight excluding hydrogens is 266 g/mol. The van der Waals surface area contributed by atoms with Gasteiger partial charge in [0, 0.05) is 17.9 Å². The van der Waals surface area contributed by atoms with E-state index in [1.807, 2.05) is 24.3 Å². The molecule has 0 bridgehead atoms. The first-order valence-corrected chi connectivity index (χ1v) is 6.67. The lowest BCUT2D eigenvalue weighted by molar-refractivity contribution is 0.100. The predicted octanol–water partition coefficient (Wildman–Crippen LogP) is 2.03. The maximum atomic E-state index is 11.4. The van der Waals surface area contributed by atoms with Crippen molar-refractivity contribution in [2.45, 2.75) is 6.42 Å². The lowest BCUT2D eigenvalue weighted by Crippen LogP contribution is -2.16. The van der Waals surface area contributed by atoms with Crippen LogP contribution in [0.25, 0.3) is 0 Å². The van der Waals surface area contributed by atoms with Gasteiger partial charge in [0.2, 0.25) is 0 Å². The van der Waals surface area contributed by atoms with Gasteiger partial charge in [-0.05, 0) is 36.2 Å². The summed E-state index contributed by atoms with van der Waals surface area (Å²) in [5.74, 6) is 0.355. The van der Waals surface area contributed by atoms with E-state index < -0.39 is 5.91 Å². The quantitative estimate of drug-likeness (QED) is 0.708. The van der Waals surface area contributed by atoms with Gasteiger partial charge in [0.15, 0.2) is 0 Å². The van der Waals surface area contributed by atoms with Crippen LogP contribution in [0.3, 0.4) is 0 Å². The summed E-state index contributed by atoms with van der Waals surface area (Å²) in [6.45, 7) is 0.657. The molecule has 5 N–H and O–H groups in total. The molecule has 2 rings (SSSR count). The van der Waals surface area contributed by atoms with Crippen LogP contribution in [0.5, 0.6) is 5.75 Å². The Hall–Kier alpha value is -2.69. The second-order valence-electron chi connectivity index (χ2n) is 4.66. The number of anilines is 2. The molecular formula is C16H19N3O2. The molecule has 5 heteroatoms. The molecule has 1 amide bonds. The van der Waals surface area contributed by atoms with E-state index >= 15 is 0 Å². The maximum Gasteiger partial charge on any atom is 0.250 e. The van der Waals surface area contributed by atoms with Gasteiger partial charge in [0.05, 0.1) is 12.7 Å². The molecule has 0 atom stereocenters. The number of benzene rings is 2. The molecule has 0 saturated carbocycles. The number of ether oxygens (including phenoxy) is 1. The van der Waals surface area contributed by atoms with E-state index in [9.17, 15) is 4.79 Å². The normalized spacial score (nSPS) is 10.1. The number of amides is 1. The number of nitrogens with one attached hydrogen (secondary N) is 1. The summed E-state index contributed by atoms with van der Waals surface area (Å²) >= 11 is 0. The van der Waals surface area contributed by atoms with Crippen LogP contribution in [0.4, 0.5) is 11.4 Å². The lowest BCUT2D eigenvalue weighted by atomic mass is 10.1. The average Bonchev–Trinajstić information content (AvgIpc) is 2.49. The summed E-state index contributed by atoms with van der Waals surface area (Å²) in [6.07, 6.45) is 0.770. The van der Waals surface area contributed by atoms with E-state index in [-0.39, 0.29) is 0 Å². The third-order valence-corrected chi connectivity index (χ3v) is 3.21. The van der Waals surface area contributed by atoms with Crippen molar-refractivity contribution in [3.05, 3.63) is 53.6 Å². The fraction of sp³-hybridized carbons (Fsp3) is 0.188. The summed E-state index contributed by atoms with van der Waals surface area (Å²) < 4.78 is 5.31. The number of hydrogen-bond acceptors (Lipinski definition) is 4. The van der Waals surface area contributed by atoms with Crippen molar-refractivity contribution in [2.75, 3.05) is 24.7 Å². The Morgan fingerprint density at radius 3 is 2.71 bits per heavy atom. The smallest absolute Gasteiger partial charge is 0.250 e. The Kier molecular flexibility index (Phi) is 4.66. The largest absolute Gasteiger partial charge is 0.496 e. The predicted molar refractivity (Wildman–Crippen MR) is 84.6 cm³/mol. The first-order valence-electron chi connectivity index (χ1n) is 6.67. The zero-order chi connectivity index (χ0) is 15.2. The van der Waals surface area contributed by atoms with Gasteiger partial charge < -0.3 is 21.5 Å². The SMILES string of the molecule is COc1ccccc1CCNc1ccc(N)cc1C(N)=O. The first-order chi connectivity index (χ1) is 10.1. The van der Waals surface area contributed by atoms with Gasteiger partial charge in [-0.2, -0.15) is 0 Å². The van der Waals surface area contributed by atoms with Crippen molar-refractivity contribution in [3.63, 3.8) is 0 Å². The Morgan fingerprint density at radius 1 is 1.24 bits per heavy atom. The second-order valence-corrected chi connectivity index (χ2v) is 4.66. The van der Waals surface area contributed by atoms with Gasteiger partial charge >= 0.3 is 0 Å². The van der Waals surface area contributed by atoms with Gasteiger partial charge in [-0.3, -0.25) is 4.79 Å². The second kappa shape index (κ2) is 6.65. The van der Waals surface area contributed by atoms with E-state index in [2.05, 4.69) is 5.32 Å². The maximum absolute atomic E-state index is 11.4. The highest BCUT2D eigenvalue weighted by atomic mass is 16.5. The Bertz CT molecular complexity index is 641. The van der Waals surface area contributed by atoms with E-state index in [1.165, 1.54) is 0 Å². The van der Waals surface area contributed by atoms with Crippen molar-refractivity contribution in [2.24, 2.45) is 5.73 Å². The Labute approximate surface area is 123 Å². The summed E-state index contributed by atoms with van der Waals surface area (Å²) in [5.41, 5.74) is 13.7. The summed E-state index contributed by atoms with van der Waals surface area (Å²) in [4.78, 5) is 11.4. The number of methoxy groups -OCH3 is 1. The van der Waals surface area contributed by atoms with Crippen molar-refractivity contribution < 1.29 is 9.53 Å². The highest BCUT2D eigenvalue weighted by molar-refractivity contribution is 5.99. The summed E-state index contributed by atoms with van der Waals surface area (Å²) in [5, 5.41) is 3.21. The molecule has 110 valence electrons. The monoisotopic (exact) mass is 285 g/mol. The van der Waals surface area contributed by atoms with Crippen LogP contribution in [0.15, 0.2) is 42.5 Å². The lowest BCUT2D eigenvalue weighted by Gasteiger charge is -2.12. The molecule has 0 aliphatic heterocycles. The topological polar surface area (TPSA) is 90.4 Å². The number of hydrogen-bond donors (Lipinski definition) is 3. The van der Waals surface area contributed by atoms with Gasteiger partial charge in [0.1, 0.15) is 5.75 Å². The fourth-order valence-corrected chi connectivity index (χ4v) is 2.16. The third kappa shape index (κ3) is 3.66. The number of rotatable bonds is 6. The van der Waals surface area contributed by atoms with Crippen molar-refractivity contribution >= 4 is 17.3 Å². The highest BCUT2D eigenvalue weighted by Crippen LogP contribution is 2.20. The summed E-state index contributed by atoms with van der Waals surface area (Å²) in [7, 11) is 1.65. The standard InChI is InChI=1S/C16H19N3O2/c1-21-15-5-3-2-4-11(15)8-9-19-14-7-6-12(17)10-13(14)16(18)20/h2-7,10,19H,8-9,17H2,1H3,(H2,18,20). The van der Waals surface area contributed by atoms with Crippen LogP contribution in [0.2, 0.25) is 0 Å². The number of carbonyl (C=O) groups is 1. The molecule has 2 aromatic rings. The molecule has 0 unspecified atom stereocenters. The summed E-state index contributed by atoms with van der Waals surface area (Å²) in [6, 6.07) is 12.9. The molecule has 5 nitrogen and oxygen atoms in total. The van der Waals surface area contributed by atoms with Gasteiger partial charge in [-0.15, -0.1) is 0 Å². The Balaban J connectivity index is 2.05. The van der Waals surface area contributed by atoms with Crippen LogP contribution < -0.4 is 21.5 Å². The zero-order valence-electron chi connectivity index (χ0n) is 11.9. The molecule has 0 aliphatic rings. The Morgan fingerprint density at radius 2 is 2.00 bits per heavy atom. The first kappa shape index (κ1) is 14.7. The molecule has 0 heterocycles. The molecule has 2 aromatic carbocycles. The van der Waals surface area contributed by atoms with Crippen LogP contribution >= 0.6 is 0 Å². The van der Waals surface area contributed by atoms with Crippen LogP contribution in [-0.2, 0) is 6.42 Å². The molecule has 21 heavy (non-hydrogen) atoms. The van der Waals surface area contributed by atoms with E-state index in [0.717, 1.165) is 17.7 Å².